The molecule has 0 radical (unpaired) electrons. The summed E-state index contributed by atoms with van der Waals surface area (Å²) in [5, 5.41) is 7.60. The van der Waals surface area contributed by atoms with Crippen molar-refractivity contribution in [3.8, 4) is 0 Å². The first-order chi connectivity index (χ1) is 6.84. The van der Waals surface area contributed by atoms with Crippen molar-refractivity contribution in [2.24, 2.45) is 5.73 Å². The van der Waals surface area contributed by atoms with Crippen LogP contribution in [0.3, 0.4) is 0 Å². The van der Waals surface area contributed by atoms with Gasteiger partial charge >= 0.3 is 6.09 Å². The van der Waals surface area contributed by atoms with Crippen LogP contribution in [-0.2, 0) is 14.6 Å². The van der Waals surface area contributed by atoms with E-state index in [1.807, 2.05) is 0 Å². The Kier molecular flexibility index (Phi) is 3.53. The lowest BCUT2D eigenvalue weighted by molar-refractivity contribution is -0.000779. The predicted octanol–water partition coefficient (Wildman–Crippen LogP) is -1.31. The van der Waals surface area contributed by atoms with Gasteiger partial charge < -0.3 is 15.6 Å². The normalized spacial score (nSPS) is 24.9. The molecule has 15 heavy (non-hydrogen) atoms. The van der Waals surface area contributed by atoms with Crippen LogP contribution >= 0.6 is 0 Å². The smallest absolute Gasteiger partial charge is 0.407 e. The van der Waals surface area contributed by atoms with Crippen LogP contribution in [0.15, 0.2) is 0 Å². The Bertz CT molecular complexity index is 341. The minimum absolute atomic E-state index is 0.0144. The van der Waals surface area contributed by atoms with Gasteiger partial charge in [-0.05, 0) is 0 Å². The third-order valence-corrected chi connectivity index (χ3v) is 3.59. The van der Waals surface area contributed by atoms with Gasteiger partial charge in [0.25, 0.3) is 0 Å². The Morgan fingerprint density at radius 1 is 1.67 bits per heavy atom. The summed E-state index contributed by atoms with van der Waals surface area (Å²) in [5.41, 5.74) is 5.48. The van der Waals surface area contributed by atoms with Gasteiger partial charge in [-0.2, -0.15) is 0 Å². The molecule has 0 aliphatic carbocycles. The Hall–Kier alpha value is -0.860. The standard InChI is InChI=1S/C7H14N2O5S/c1-15(12,13)6(8)5-4-14-3-2-9(5)7(10)11/h5-6H,2-4,8H2,1H3,(H,10,11). The highest BCUT2D eigenvalue weighted by atomic mass is 32.2. The number of carboxylic acid groups (broad SMARTS) is 1. The van der Waals surface area contributed by atoms with Crippen LogP contribution in [0.5, 0.6) is 0 Å². The van der Waals surface area contributed by atoms with E-state index < -0.39 is 27.3 Å². The molecule has 0 aromatic carbocycles. The molecule has 1 aliphatic heterocycles. The number of amides is 1. The third kappa shape index (κ3) is 2.80. The molecular formula is C7H14N2O5S. The molecule has 0 aromatic rings. The Morgan fingerprint density at radius 2 is 2.27 bits per heavy atom. The topological polar surface area (TPSA) is 110 Å². The molecule has 2 unspecified atom stereocenters. The van der Waals surface area contributed by atoms with E-state index in [0.717, 1.165) is 11.2 Å². The molecule has 1 fully saturated rings. The highest BCUT2D eigenvalue weighted by molar-refractivity contribution is 7.91. The number of morpholine rings is 1. The minimum Gasteiger partial charge on any atom is -0.465 e. The lowest BCUT2D eigenvalue weighted by Gasteiger charge is -2.35. The fourth-order valence-corrected chi connectivity index (χ4v) is 2.21. The number of hydrogen-bond donors (Lipinski definition) is 2. The second kappa shape index (κ2) is 4.33. The summed E-state index contributed by atoms with van der Waals surface area (Å²) in [6.07, 6.45) is -0.200. The van der Waals surface area contributed by atoms with E-state index in [1.165, 1.54) is 0 Å². The highest BCUT2D eigenvalue weighted by Crippen LogP contribution is 2.13. The quantitative estimate of drug-likeness (QED) is 0.618. The van der Waals surface area contributed by atoms with Crippen molar-refractivity contribution >= 4 is 15.9 Å². The predicted molar refractivity (Wildman–Crippen MR) is 52.2 cm³/mol. The molecule has 3 N–H and O–H groups in total. The second-order valence-corrected chi connectivity index (χ2v) is 5.62. The first-order valence-electron chi connectivity index (χ1n) is 4.36. The number of hydrogen-bond acceptors (Lipinski definition) is 5. The molecule has 0 bridgehead atoms. The molecule has 1 saturated heterocycles. The number of carbonyl (C=O) groups is 1. The fraction of sp³-hybridized carbons (Fsp3) is 0.857. The summed E-state index contributed by atoms with van der Waals surface area (Å²) in [4.78, 5) is 11.8. The van der Waals surface area contributed by atoms with E-state index in [-0.39, 0.29) is 19.8 Å². The van der Waals surface area contributed by atoms with Crippen LogP contribution in [0, 0.1) is 0 Å². The van der Waals surface area contributed by atoms with Crippen molar-refractivity contribution in [2.45, 2.75) is 11.4 Å². The van der Waals surface area contributed by atoms with E-state index in [2.05, 4.69) is 0 Å². The maximum atomic E-state index is 11.2. The zero-order chi connectivity index (χ0) is 11.6. The van der Waals surface area contributed by atoms with Crippen molar-refractivity contribution in [1.82, 2.24) is 4.90 Å². The van der Waals surface area contributed by atoms with Crippen molar-refractivity contribution in [1.29, 1.82) is 0 Å². The van der Waals surface area contributed by atoms with Gasteiger partial charge in [-0.25, -0.2) is 13.2 Å². The first-order valence-corrected chi connectivity index (χ1v) is 6.31. The molecular weight excluding hydrogens is 224 g/mol. The van der Waals surface area contributed by atoms with Gasteiger partial charge in [-0.3, -0.25) is 4.90 Å². The highest BCUT2D eigenvalue weighted by Gasteiger charge is 2.36. The number of nitrogens with zero attached hydrogens (tertiary/aromatic N) is 1. The van der Waals surface area contributed by atoms with E-state index in [1.54, 1.807) is 0 Å². The zero-order valence-electron chi connectivity index (χ0n) is 8.29. The maximum Gasteiger partial charge on any atom is 0.407 e. The van der Waals surface area contributed by atoms with Crippen LogP contribution in [-0.4, -0.2) is 61.9 Å². The molecule has 1 rings (SSSR count). The lowest BCUT2D eigenvalue weighted by Crippen LogP contribution is -2.58. The molecule has 8 heteroatoms. The molecule has 1 heterocycles. The number of nitrogens with two attached hydrogens (primary N) is 1. The minimum atomic E-state index is -3.48. The fourth-order valence-electron chi connectivity index (χ4n) is 1.42. The summed E-state index contributed by atoms with van der Waals surface area (Å²) < 4.78 is 27.4. The molecule has 88 valence electrons. The number of rotatable bonds is 2. The largest absolute Gasteiger partial charge is 0.465 e. The molecule has 1 amide bonds. The van der Waals surface area contributed by atoms with E-state index in [4.69, 9.17) is 15.6 Å². The van der Waals surface area contributed by atoms with Gasteiger partial charge in [0.1, 0.15) is 5.37 Å². The molecule has 7 nitrogen and oxygen atoms in total. The van der Waals surface area contributed by atoms with Gasteiger partial charge in [0.15, 0.2) is 9.84 Å². The number of sulfone groups is 1. The van der Waals surface area contributed by atoms with Crippen LogP contribution in [0.4, 0.5) is 4.79 Å². The third-order valence-electron chi connectivity index (χ3n) is 2.28. The van der Waals surface area contributed by atoms with Gasteiger partial charge in [-0.15, -0.1) is 0 Å². The van der Waals surface area contributed by atoms with E-state index >= 15 is 0 Å². The second-order valence-electron chi connectivity index (χ2n) is 3.41. The summed E-state index contributed by atoms with van der Waals surface area (Å²) in [5.74, 6) is 0. The molecule has 0 spiro atoms. The summed E-state index contributed by atoms with van der Waals surface area (Å²) in [6.45, 7) is 0.420. The van der Waals surface area contributed by atoms with Crippen molar-refractivity contribution in [3.63, 3.8) is 0 Å². The average Bonchev–Trinajstić information content (AvgIpc) is 2.15. The molecule has 1 aliphatic rings. The lowest BCUT2D eigenvalue weighted by atomic mass is 10.2. The van der Waals surface area contributed by atoms with Crippen LogP contribution in [0.1, 0.15) is 0 Å². The summed E-state index contributed by atoms with van der Waals surface area (Å²) in [6, 6.07) is -0.828. The molecule has 0 aromatic heterocycles. The summed E-state index contributed by atoms with van der Waals surface area (Å²) >= 11 is 0. The van der Waals surface area contributed by atoms with Gasteiger partial charge in [-0.1, -0.05) is 0 Å². The number of ether oxygens (including phenoxy) is 1. The van der Waals surface area contributed by atoms with Gasteiger partial charge in [0, 0.05) is 12.8 Å². The van der Waals surface area contributed by atoms with Crippen molar-refractivity contribution in [2.75, 3.05) is 26.0 Å². The summed E-state index contributed by atoms with van der Waals surface area (Å²) in [7, 11) is -3.48. The Morgan fingerprint density at radius 3 is 2.73 bits per heavy atom. The Labute approximate surface area is 87.7 Å². The monoisotopic (exact) mass is 238 g/mol. The maximum absolute atomic E-state index is 11.2. The van der Waals surface area contributed by atoms with E-state index in [0.29, 0.717) is 0 Å². The van der Waals surface area contributed by atoms with Gasteiger partial charge in [0.2, 0.25) is 0 Å². The first kappa shape index (κ1) is 12.2. The van der Waals surface area contributed by atoms with Crippen LogP contribution < -0.4 is 5.73 Å². The van der Waals surface area contributed by atoms with Crippen molar-refractivity contribution in [3.05, 3.63) is 0 Å². The van der Waals surface area contributed by atoms with Gasteiger partial charge in [0.05, 0.1) is 19.3 Å². The zero-order valence-corrected chi connectivity index (χ0v) is 9.11. The molecule has 0 saturated carbocycles. The van der Waals surface area contributed by atoms with E-state index in [9.17, 15) is 13.2 Å². The average molecular weight is 238 g/mol. The Balaban J connectivity index is 2.85. The molecule has 2 atom stereocenters. The van der Waals surface area contributed by atoms with Crippen LogP contribution in [0.25, 0.3) is 0 Å². The SMILES string of the molecule is CS(=O)(=O)C(N)C1COCCN1C(=O)O. The van der Waals surface area contributed by atoms with Crippen LogP contribution in [0.2, 0.25) is 0 Å². The van der Waals surface area contributed by atoms with Crippen molar-refractivity contribution < 1.29 is 23.1 Å².